The standard InChI is InChI=1S/C10H21NO/c1-4-11(3)9-6-5-8(2)10(12)7-9/h8-10,12H,4-7H2,1-3H3. The topological polar surface area (TPSA) is 23.5 Å². The Morgan fingerprint density at radius 2 is 2.08 bits per heavy atom. The van der Waals surface area contributed by atoms with Crippen LogP contribution in [0.15, 0.2) is 0 Å². The van der Waals surface area contributed by atoms with E-state index in [1.807, 2.05) is 0 Å². The van der Waals surface area contributed by atoms with E-state index >= 15 is 0 Å². The highest BCUT2D eigenvalue weighted by molar-refractivity contribution is 4.81. The van der Waals surface area contributed by atoms with Crippen LogP contribution in [-0.2, 0) is 0 Å². The van der Waals surface area contributed by atoms with E-state index in [1.165, 1.54) is 12.8 Å². The minimum absolute atomic E-state index is 0.0715. The second-order valence-corrected chi connectivity index (χ2v) is 4.08. The average molecular weight is 171 g/mol. The van der Waals surface area contributed by atoms with Crippen molar-refractivity contribution in [2.24, 2.45) is 5.92 Å². The van der Waals surface area contributed by atoms with Crippen molar-refractivity contribution in [3.05, 3.63) is 0 Å². The Morgan fingerprint density at radius 1 is 1.42 bits per heavy atom. The van der Waals surface area contributed by atoms with Gasteiger partial charge in [0, 0.05) is 6.04 Å². The summed E-state index contributed by atoms with van der Waals surface area (Å²) in [5.41, 5.74) is 0. The first-order chi connectivity index (χ1) is 5.65. The molecule has 0 aliphatic heterocycles. The van der Waals surface area contributed by atoms with Gasteiger partial charge in [-0.3, -0.25) is 0 Å². The molecule has 1 aliphatic carbocycles. The lowest BCUT2D eigenvalue weighted by atomic mass is 9.84. The summed E-state index contributed by atoms with van der Waals surface area (Å²) >= 11 is 0. The SMILES string of the molecule is CCN(C)C1CCC(C)C(O)C1. The summed E-state index contributed by atoms with van der Waals surface area (Å²) in [6.07, 6.45) is 3.32. The third-order valence-corrected chi connectivity index (χ3v) is 3.25. The fourth-order valence-corrected chi connectivity index (χ4v) is 1.94. The second-order valence-electron chi connectivity index (χ2n) is 4.08. The zero-order valence-electron chi connectivity index (χ0n) is 8.45. The van der Waals surface area contributed by atoms with Gasteiger partial charge in [0.15, 0.2) is 0 Å². The summed E-state index contributed by atoms with van der Waals surface area (Å²) in [5, 5.41) is 9.67. The van der Waals surface area contributed by atoms with Crippen LogP contribution >= 0.6 is 0 Å². The molecule has 3 atom stereocenters. The Balaban J connectivity index is 2.39. The lowest BCUT2D eigenvalue weighted by molar-refractivity contribution is 0.0351. The van der Waals surface area contributed by atoms with Gasteiger partial charge in [0.1, 0.15) is 0 Å². The van der Waals surface area contributed by atoms with Gasteiger partial charge in [-0.2, -0.15) is 0 Å². The summed E-state index contributed by atoms with van der Waals surface area (Å²) in [5.74, 6) is 0.506. The van der Waals surface area contributed by atoms with E-state index in [-0.39, 0.29) is 6.10 Å². The number of rotatable bonds is 2. The first-order valence-corrected chi connectivity index (χ1v) is 5.03. The molecule has 2 nitrogen and oxygen atoms in total. The van der Waals surface area contributed by atoms with Crippen LogP contribution in [0, 0.1) is 5.92 Å². The van der Waals surface area contributed by atoms with E-state index in [4.69, 9.17) is 0 Å². The van der Waals surface area contributed by atoms with Gasteiger partial charge in [-0.1, -0.05) is 13.8 Å². The van der Waals surface area contributed by atoms with Gasteiger partial charge in [0.2, 0.25) is 0 Å². The molecule has 2 heteroatoms. The minimum atomic E-state index is -0.0715. The number of hydrogen-bond acceptors (Lipinski definition) is 2. The van der Waals surface area contributed by atoms with Crippen molar-refractivity contribution < 1.29 is 5.11 Å². The van der Waals surface area contributed by atoms with Crippen LogP contribution in [0.2, 0.25) is 0 Å². The van der Waals surface area contributed by atoms with Crippen molar-refractivity contribution in [2.75, 3.05) is 13.6 Å². The molecule has 0 bridgehead atoms. The molecule has 0 aromatic carbocycles. The molecule has 1 saturated carbocycles. The Morgan fingerprint density at radius 3 is 2.58 bits per heavy atom. The molecule has 0 radical (unpaired) electrons. The van der Waals surface area contributed by atoms with E-state index in [9.17, 15) is 5.11 Å². The smallest absolute Gasteiger partial charge is 0.0580 e. The normalized spacial score (nSPS) is 37.2. The Kier molecular flexibility index (Phi) is 3.53. The molecule has 0 heterocycles. The predicted octanol–water partition coefficient (Wildman–Crippen LogP) is 1.49. The quantitative estimate of drug-likeness (QED) is 0.680. The van der Waals surface area contributed by atoms with Gasteiger partial charge in [0.25, 0.3) is 0 Å². The largest absolute Gasteiger partial charge is 0.393 e. The van der Waals surface area contributed by atoms with Crippen LogP contribution in [0.5, 0.6) is 0 Å². The van der Waals surface area contributed by atoms with Crippen molar-refractivity contribution in [2.45, 2.75) is 45.3 Å². The molecule has 0 aromatic heterocycles. The third-order valence-electron chi connectivity index (χ3n) is 3.25. The summed E-state index contributed by atoms with van der Waals surface area (Å²) < 4.78 is 0. The zero-order chi connectivity index (χ0) is 9.14. The van der Waals surface area contributed by atoms with Crippen molar-refractivity contribution in [3.8, 4) is 0 Å². The number of hydrogen-bond donors (Lipinski definition) is 1. The molecule has 1 rings (SSSR count). The van der Waals surface area contributed by atoms with Gasteiger partial charge < -0.3 is 10.0 Å². The van der Waals surface area contributed by atoms with E-state index in [2.05, 4.69) is 25.8 Å². The molecule has 72 valence electrons. The molecule has 1 aliphatic rings. The molecule has 1 fully saturated rings. The highest BCUT2D eigenvalue weighted by atomic mass is 16.3. The van der Waals surface area contributed by atoms with Gasteiger partial charge in [-0.05, 0) is 38.8 Å². The first-order valence-electron chi connectivity index (χ1n) is 5.03. The molecular formula is C10H21NO. The fraction of sp³-hybridized carbons (Fsp3) is 1.00. The fourth-order valence-electron chi connectivity index (χ4n) is 1.94. The summed E-state index contributed by atoms with van der Waals surface area (Å²) in [7, 11) is 2.15. The molecule has 0 spiro atoms. The summed E-state index contributed by atoms with van der Waals surface area (Å²) in [6.45, 7) is 5.41. The van der Waals surface area contributed by atoms with Crippen LogP contribution in [0.4, 0.5) is 0 Å². The van der Waals surface area contributed by atoms with Gasteiger partial charge in [-0.25, -0.2) is 0 Å². The van der Waals surface area contributed by atoms with Gasteiger partial charge in [0.05, 0.1) is 6.10 Å². The Bertz CT molecular complexity index is 138. The highest BCUT2D eigenvalue weighted by Gasteiger charge is 2.27. The van der Waals surface area contributed by atoms with Gasteiger partial charge >= 0.3 is 0 Å². The minimum Gasteiger partial charge on any atom is -0.393 e. The van der Waals surface area contributed by atoms with Crippen molar-refractivity contribution in [1.82, 2.24) is 4.90 Å². The Labute approximate surface area is 75.6 Å². The molecule has 1 N–H and O–H groups in total. The van der Waals surface area contributed by atoms with Gasteiger partial charge in [-0.15, -0.1) is 0 Å². The maximum atomic E-state index is 9.67. The molecule has 3 unspecified atom stereocenters. The summed E-state index contributed by atoms with van der Waals surface area (Å²) in [4.78, 5) is 2.34. The van der Waals surface area contributed by atoms with Crippen LogP contribution in [0.1, 0.15) is 33.1 Å². The average Bonchev–Trinajstić information content (AvgIpc) is 2.08. The maximum absolute atomic E-state index is 9.67. The lowest BCUT2D eigenvalue weighted by Crippen LogP contribution is -2.40. The zero-order valence-corrected chi connectivity index (χ0v) is 8.45. The van der Waals surface area contributed by atoms with Crippen LogP contribution in [0.25, 0.3) is 0 Å². The number of aliphatic hydroxyl groups excluding tert-OH is 1. The predicted molar refractivity (Wildman–Crippen MR) is 51.1 cm³/mol. The van der Waals surface area contributed by atoms with E-state index < -0.39 is 0 Å². The molecule has 0 saturated heterocycles. The monoisotopic (exact) mass is 171 g/mol. The molecule has 0 amide bonds. The second kappa shape index (κ2) is 4.24. The molecule has 0 aromatic rings. The van der Waals surface area contributed by atoms with Crippen molar-refractivity contribution in [3.63, 3.8) is 0 Å². The third kappa shape index (κ3) is 2.20. The van der Waals surface area contributed by atoms with Crippen LogP contribution in [0.3, 0.4) is 0 Å². The van der Waals surface area contributed by atoms with E-state index in [1.54, 1.807) is 0 Å². The first kappa shape index (κ1) is 10.0. The lowest BCUT2D eigenvalue weighted by Gasteiger charge is -2.36. The Hall–Kier alpha value is -0.0800. The highest BCUT2D eigenvalue weighted by Crippen LogP contribution is 2.26. The van der Waals surface area contributed by atoms with Crippen molar-refractivity contribution >= 4 is 0 Å². The summed E-state index contributed by atoms with van der Waals surface area (Å²) in [6, 6.07) is 0.612. The van der Waals surface area contributed by atoms with Crippen LogP contribution in [-0.4, -0.2) is 35.7 Å². The molecule has 12 heavy (non-hydrogen) atoms. The van der Waals surface area contributed by atoms with E-state index in [0.29, 0.717) is 12.0 Å². The van der Waals surface area contributed by atoms with Crippen LogP contribution < -0.4 is 0 Å². The van der Waals surface area contributed by atoms with Crippen molar-refractivity contribution in [1.29, 1.82) is 0 Å². The van der Waals surface area contributed by atoms with E-state index in [0.717, 1.165) is 13.0 Å². The number of nitrogens with zero attached hydrogens (tertiary/aromatic N) is 1. The maximum Gasteiger partial charge on any atom is 0.0580 e. The number of aliphatic hydroxyl groups is 1. The molecular weight excluding hydrogens is 150 g/mol.